The maximum Gasteiger partial charge on any atom is 0.335 e. The zero-order valence-corrected chi connectivity index (χ0v) is 13.0. The Balaban J connectivity index is 3.16. The first-order valence-electron chi connectivity index (χ1n) is 6.01. The van der Waals surface area contributed by atoms with Crippen molar-refractivity contribution in [2.24, 2.45) is 0 Å². The minimum Gasteiger partial charge on any atom is -0.478 e. The Labute approximate surface area is 125 Å². The average Bonchev–Trinajstić information content (AvgIpc) is 2.38. The number of nitrogens with one attached hydrogen (secondary N) is 1. The van der Waals surface area contributed by atoms with E-state index in [9.17, 15) is 22.0 Å². The van der Waals surface area contributed by atoms with Gasteiger partial charge >= 0.3 is 5.97 Å². The molecule has 0 aromatic heterocycles. The Morgan fingerprint density at radius 2 is 2.05 bits per heavy atom. The van der Waals surface area contributed by atoms with E-state index < -0.39 is 44.1 Å². The van der Waals surface area contributed by atoms with E-state index in [-0.39, 0.29) is 0 Å². The van der Waals surface area contributed by atoms with Crippen LogP contribution in [0.1, 0.15) is 24.2 Å². The van der Waals surface area contributed by atoms with Crippen LogP contribution in [0.5, 0.6) is 0 Å². The van der Waals surface area contributed by atoms with Gasteiger partial charge in [0, 0.05) is 11.8 Å². The number of benzene rings is 1. The number of thioether (sulfide) groups is 1. The largest absolute Gasteiger partial charge is 0.478 e. The predicted molar refractivity (Wildman–Crippen MR) is 76.1 cm³/mol. The fourth-order valence-corrected chi connectivity index (χ4v) is 3.67. The Hall–Kier alpha value is -1.19. The lowest BCUT2D eigenvalue weighted by molar-refractivity contribution is 0.0696. The van der Waals surface area contributed by atoms with Gasteiger partial charge in [0.15, 0.2) is 11.6 Å². The molecule has 1 aromatic carbocycles. The van der Waals surface area contributed by atoms with Crippen molar-refractivity contribution in [1.82, 2.24) is 4.72 Å². The van der Waals surface area contributed by atoms with E-state index in [1.54, 1.807) is 6.92 Å². The van der Waals surface area contributed by atoms with Gasteiger partial charge in [-0.25, -0.2) is 26.7 Å². The van der Waals surface area contributed by atoms with Gasteiger partial charge < -0.3 is 5.11 Å². The maximum absolute atomic E-state index is 13.7. The molecule has 1 rings (SSSR count). The Kier molecular flexibility index (Phi) is 6.11. The predicted octanol–water partition coefficient (Wildman–Crippen LogP) is 2.08. The van der Waals surface area contributed by atoms with E-state index in [0.717, 1.165) is 5.75 Å². The monoisotopic (exact) mass is 339 g/mol. The highest BCUT2D eigenvalue weighted by molar-refractivity contribution is 7.99. The average molecular weight is 339 g/mol. The summed E-state index contributed by atoms with van der Waals surface area (Å²) in [5.74, 6) is -3.42. The molecule has 1 atom stereocenters. The first kappa shape index (κ1) is 17.9. The van der Waals surface area contributed by atoms with Crippen LogP contribution in [0.4, 0.5) is 8.78 Å². The van der Waals surface area contributed by atoms with Crippen molar-refractivity contribution in [3.05, 3.63) is 29.3 Å². The molecule has 1 unspecified atom stereocenters. The van der Waals surface area contributed by atoms with E-state index in [0.29, 0.717) is 17.9 Å². The highest BCUT2D eigenvalue weighted by Gasteiger charge is 2.26. The van der Waals surface area contributed by atoms with Crippen LogP contribution in [0, 0.1) is 11.6 Å². The lowest BCUT2D eigenvalue weighted by atomic mass is 10.2. The summed E-state index contributed by atoms with van der Waals surface area (Å²) < 4.78 is 53.2. The van der Waals surface area contributed by atoms with Gasteiger partial charge in [-0.2, -0.15) is 11.8 Å². The second-order valence-electron chi connectivity index (χ2n) is 4.26. The SMILES string of the molecule is CCSCC(C)NS(=O)(=O)c1cc(C(=O)O)cc(F)c1F. The molecule has 0 amide bonds. The number of hydrogen-bond donors (Lipinski definition) is 2. The van der Waals surface area contributed by atoms with Crippen molar-refractivity contribution in [1.29, 1.82) is 0 Å². The van der Waals surface area contributed by atoms with Gasteiger partial charge in [0.05, 0.1) is 5.56 Å². The summed E-state index contributed by atoms with van der Waals surface area (Å²) in [6.45, 7) is 3.48. The van der Waals surface area contributed by atoms with Gasteiger partial charge in [-0.1, -0.05) is 6.92 Å². The van der Waals surface area contributed by atoms with Gasteiger partial charge in [-0.15, -0.1) is 0 Å². The Bertz CT molecular complexity index is 634. The first-order chi connectivity index (χ1) is 9.69. The van der Waals surface area contributed by atoms with Crippen LogP contribution < -0.4 is 4.72 Å². The summed E-state index contributed by atoms with van der Waals surface area (Å²) in [5, 5.41) is 8.78. The van der Waals surface area contributed by atoms with Gasteiger partial charge in [-0.05, 0) is 24.8 Å². The van der Waals surface area contributed by atoms with E-state index in [1.165, 1.54) is 11.8 Å². The Morgan fingerprint density at radius 3 is 2.57 bits per heavy atom. The van der Waals surface area contributed by atoms with Crippen LogP contribution in [0.3, 0.4) is 0 Å². The summed E-state index contributed by atoms with van der Waals surface area (Å²) in [4.78, 5) is 9.79. The third kappa shape index (κ3) is 4.65. The summed E-state index contributed by atoms with van der Waals surface area (Å²) in [6.07, 6.45) is 0. The lowest BCUT2D eigenvalue weighted by Crippen LogP contribution is -2.35. The number of sulfonamides is 1. The second-order valence-corrected chi connectivity index (χ2v) is 7.26. The van der Waals surface area contributed by atoms with Crippen LogP contribution in [0.2, 0.25) is 0 Å². The molecule has 118 valence electrons. The number of aromatic carboxylic acids is 1. The maximum atomic E-state index is 13.7. The fourth-order valence-electron chi connectivity index (χ4n) is 1.54. The van der Waals surface area contributed by atoms with E-state index >= 15 is 0 Å². The summed E-state index contributed by atoms with van der Waals surface area (Å²) >= 11 is 1.48. The van der Waals surface area contributed by atoms with Crippen LogP contribution >= 0.6 is 11.8 Å². The molecule has 0 saturated heterocycles. The van der Waals surface area contributed by atoms with Crippen LogP contribution in [-0.4, -0.2) is 37.0 Å². The zero-order valence-electron chi connectivity index (χ0n) is 11.4. The van der Waals surface area contributed by atoms with Crippen molar-refractivity contribution >= 4 is 27.8 Å². The number of halogens is 2. The quantitative estimate of drug-likeness (QED) is 0.795. The molecular weight excluding hydrogens is 324 g/mol. The highest BCUT2D eigenvalue weighted by atomic mass is 32.2. The van der Waals surface area contributed by atoms with Crippen molar-refractivity contribution in [2.75, 3.05) is 11.5 Å². The summed E-state index contributed by atoms with van der Waals surface area (Å²) in [7, 11) is -4.34. The normalized spacial score (nSPS) is 13.1. The molecule has 0 aliphatic carbocycles. The van der Waals surface area contributed by atoms with E-state index in [4.69, 9.17) is 5.11 Å². The standard InChI is InChI=1S/C12H15F2NO4S2/c1-3-20-6-7(2)15-21(18,19)10-5-8(12(16)17)4-9(13)11(10)14/h4-5,7,15H,3,6H2,1-2H3,(H,16,17). The molecule has 1 aromatic rings. The fraction of sp³-hybridized carbons (Fsp3) is 0.417. The Morgan fingerprint density at radius 1 is 1.43 bits per heavy atom. The lowest BCUT2D eigenvalue weighted by Gasteiger charge is -2.14. The third-order valence-corrected chi connectivity index (χ3v) is 5.19. The van der Waals surface area contributed by atoms with Crippen molar-refractivity contribution in [3.8, 4) is 0 Å². The molecule has 0 fully saturated rings. The zero-order chi connectivity index (χ0) is 16.2. The van der Waals surface area contributed by atoms with Crippen molar-refractivity contribution in [3.63, 3.8) is 0 Å². The van der Waals surface area contributed by atoms with E-state index in [1.807, 2.05) is 6.92 Å². The molecule has 2 N–H and O–H groups in total. The molecule has 21 heavy (non-hydrogen) atoms. The van der Waals surface area contributed by atoms with Gasteiger partial charge in [0.2, 0.25) is 10.0 Å². The molecule has 0 aliphatic heterocycles. The van der Waals surface area contributed by atoms with Crippen molar-refractivity contribution in [2.45, 2.75) is 24.8 Å². The molecule has 0 heterocycles. The molecule has 0 spiro atoms. The molecule has 0 radical (unpaired) electrons. The topological polar surface area (TPSA) is 83.5 Å². The van der Waals surface area contributed by atoms with Gasteiger partial charge in [-0.3, -0.25) is 0 Å². The molecular formula is C12H15F2NO4S2. The number of carboxylic acid groups (broad SMARTS) is 1. The highest BCUT2D eigenvalue weighted by Crippen LogP contribution is 2.20. The van der Waals surface area contributed by atoms with Gasteiger partial charge in [0.1, 0.15) is 4.90 Å². The minimum atomic E-state index is -4.34. The number of hydrogen-bond acceptors (Lipinski definition) is 4. The molecule has 5 nitrogen and oxygen atoms in total. The first-order valence-corrected chi connectivity index (χ1v) is 8.65. The smallest absolute Gasteiger partial charge is 0.335 e. The van der Waals surface area contributed by atoms with Gasteiger partial charge in [0.25, 0.3) is 0 Å². The number of carboxylic acids is 1. The summed E-state index contributed by atoms with van der Waals surface area (Å²) in [5.41, 5.74) is -0.634. The third-order valence-electron chi connectivity index (χ3n) is 2.46. The minimum absolute atomic E-state index is 0.438. The van der Waals surface area contributed by atoms with Crippen LogP contribution in [0.25, 0.3) is 0 Å². The second kappa shape index (κ2) is 7.19. The molecule has 0 saturated carbocycles. The summed E-state index contributed by atoms with van der Waals surface area (Å²) in [6, 6.07) is 0.534. The number of carbonyl (C=O) groups is 1. The molecule has 9 heteroatoms. The molecule has 0 bridgehead atoms. The van der Waals surface area contributed by atoms with Crippen LogP contribution in [0.15, 0.2) is 17.0 Å². The van der Waals surface area contributed by atoms with E-state index in [2.05, 4.69) is 4.72 Å². The van der Waals surface area contributed by atoms with Crippen LogP contribution in [-0.2, 0) is 10.0 Å². The molecule has 0 aliphatic rings. The number of rotatable bonds is 7. The van der Waals surface area contributed by atoms with Crippen molar-refractivity contribution < 1.29 is 27.1 Å².